The maximum Gasteiger partial charge on any atom is 0.317 e. The van der Waals surface area contributed by atoms with Crippen molar-refractivity contribution in [1.29, 1.82) is 0 Å². The van der Waals surface area contributed by atoms with Crippen LogP contribution in [0.4, 0.5) is 9.18 Å². The third-order valence-electron chi connectivity index (χ3n) is 2.29. The summed E-state index contributed by atoms with van der Waals surface area (Å²) in [4.78, 5) is 23.2. The summed E-state index contributed by atoms with van der Waals surface area (Å²) in [6.07, 6.45) is -0.115. The van der Waals surface area contributed by atoms with Crippen LogP contribution in [-0.2, 0) is 11.3 Å². The summed E-state index contributed by atoms with van der Waals surface area (Å²) < 4.78 is 12.7. The van der Waals surface area contributed by atoms with Gasteiger partial charge >= 0.3 is 12.0 Å². The van der Waals surface area contributed by atoms with E-state index >= 15 is 0 Å². The van der Waals surface area contributed by atoms with Gasteiger partial charge in [0, 0.05) is 20.1 Å². The molecular formula is C12H15FN2O3. The fourth-order valence-electron chi connectivity index (χ4n) is 1.35. The number of hydrogen-bond acceptors (Lipinski definition) is 2. The molecule has 2 amide bonds. The number of benzene rings is 1. The number of halogens is 1. The van der Waals surface area contributed by atoms with Gasteiger partial charge in [0.1, 0.15) is 5.82 Å². The van der Waals surface area contributed by atoms with Crippen molar-refractivity contribution in [3.05, 3.63) is 35.6 Å². The van der Waals surface area contributed by atoms with Crippen LogP contribution in [0.15, 0.2) is 24.3 Å². The molecule has 6 heteroatoms. The first-order valence-corrected chi connectivity index (χ1v) is 5.44. The summed E-state index contributed by atoms with van der Waals surface area (Å²) in [5.74, 6) is -1.29. The molecule has 0 radical (unpaired) electrons. The fraction of sp³-hybridized carbons (Fsp3) is 0.333. The predicted molar refractivity (Wildman–Crippen MR) is 63.5 cm³/mol. The predicted octanol–water partition coefficient (Wildman–Crippen LogP) is 1.44. The zero-order chi connectivity index (χ0) is 13.5. The molecule has 1 aromatic carbocycles. The molecule has 1 aromatic rings. The van der Waals surface area contributed by atoms with E-state index < -0.39 is 5.97 Å². The number of aliphatic carboxylic acids is 1. The van der Waals surface area contributed by atoms with E-state index in [0.29, 0.717) is 6.54 Å². The molecule has 0 spiro atoms. The summed E-state index contributed by atoms with van der Waals surface area (Å²) >= 11 is 0. The van der Waals surface area contributed by atoms with Crippen molar-refractivity contribution in [3.8, 4) is 0 Å². The number of hydrogen-bond donors (Lipinski definition) is 2. The van der Waals surface area contributed by atoms with Gasteiger partial charge in [0.2, 0.25) is 0 Å². The first-order chi connectivity index (χ1) is 8.49. The second-order valence-corrected chi connectivity index (χ2v) is 3.86. The van der Waals surface area contributed by atoms with Gasteiger partial charge in [-0.1, -0.05) is 12.1 Å². The molecular weight excluding hydrogens is 239 g/mol. The first-order valence-electron chi connectivity index (χ1n) is 5.44. The van der Waals surface area contributed by atoms with E-state index in [1.54, 1.807) is 19.2 Å². The molecule has 0 unspecified atom stereocenters. The van der Waals surface area contributed by atoms with Crippen molar-refractivity contribution in [2.45, 2.75) is 13.0 Å². The molecule has 0 heterocycles. The number of rotatable bonds is 5. The van der Waals surface area contributed by atoms with Crippen LogP contribution >= 0.6 is 0 Å². The average Bonchev–Trinajstić information content (AvgIpc) is 2.31. The van der Waals surface area contributed by atoms with E-state index in [9.17, 15) is 14.0 Å². The summed E-state index contributed by atoms with van der Waals surface area (Å²) in [7, 11) is 1.58. The Morgan fingerprint density at radius 2 is 1.94 bits per heavy atom. The topological polar surface area (TPSA) is 69.6 Å². The minimum atomic E-state index is -0.962. The maximum atomic E-state index is 12.7. The van der Waals surface area contributed by atoms with Gasteiger partial charge in [0.15, 0.2) is 0 Å². The minimum absolute atomic E-state index is 0.0852. The van der Waals surface area contributed by atoms with Crippen LogP contribution in [0, 0.1) is 5.82 Å². The monoisotopic (exact) mass is 254 g/mol. The summed E-state index contributed by atoms with van der Waals surface area (Å²) in [5, 5.41) is 10.9. The van der Waals surface area contributed by atoms with Gasteiger partial charge in [-0.2, -0.15) is 0 Å². The molecule has 0 aliphatic heterocycles. The van der Waals surface area contributed by atoms with E-state index in [2.05, 4.69) is 5.32 Å². The van der Waals surface area contributed by atoms with Crippen molar-refractivity contribution >= 4 is 12.0 Å². The van der Waals surface area contributed by atoms with Gasteiger partial charge in [0.05, 0.1) is 6.42 Å². The second kappa shape index (κ2) is 6.58. The zero-order valence-corrected chi connectivity index (χ0v) is 10.0. The molecule has 1 rings (SSSR count). The Morgan fingerprint density at radius 3 is 2.50 bits per heavy atom. The van der Waals surface area contributed by atoms with Crippen molar-refractivity contribution in [2.75, 3.05) is 13.6 Å². The molecule has 2 N–H and O–H groups in total. The number of carboxylic acids is 1. The third kappa shape index (κ3) is 4.82. The largest absolute Gasteiger partial charge is 0.481 e. The number of urea groups is 1. The molecule has 0 fully saturated rings. The SMILES string of the molecule is CN(Cc1ccc(F)cc1)C(=O)NCCC(=O)O. The van der Waals surface area contributed by atoms with E-state index in [1.165, 1.54) is 17.0 Å². The van der Waals surface area contributed by atoms with Gasteiger partial charge in [-0.05, 0) is 17.7 Å². The summed E-state index contributed by atoms with van der Waals surface area (Å²) in [6.45, 7) is 0.418. The van der Waals surface area contributed by atoms with Crippen LogP contribution < -0.4 is 5.32 Å². The molecule has 0 bridgehead atoms. The van der Waals surface area contributed by atoms with Crippen molar-refractivity contribution in [3.63, 3.8) is 0 Å². The van der Waals surface area contributed by atoms with Crippen molar-refractivity contribution in [2.24, 2.45) is 0 Å². The van der Waals surface area contributed by atoms with Crippen LogP contribution in [0.1, 0.15) is 12.0 Å². The van der Waals surface area contributed by atoms with Crippen LogP contribution in [0.3, 0.4) is 0 Å². The van der Waals surface area contributed by atoms with Crippen LogP contribution in [0.25, 0.3) is 0 Å². The molecule has 98 valence electrons. The summed E-state index contributed by atoms with van der Waals surface area (Å²) in [6, 6.07) is 5.48. The van der Waals surface area contributed by atoms with E-state index in [1.807, 2.05) is 0 Å². The molecule has 0 atom stereocenters. The molecule has 18 heavy (non-hydrogen) atoms. The lowest BCUT2D eigenvalue weighted by molar-refractivity contribution is -0.136. The summed E-state index contributed by atoms with van der Waals surface area (Å²) in [5.41, 5.74) is 0.798. The average molecular weight is 254 g/mol. The Kier molecular flexibility index (Phi) is 5.10. The molecule has 0 aromatic heterocycles. The zero-order valence-electron chi connectivity index (χ0n) is 10.0. The van der Waals surface area contributed by atoms with E-state index in [4.69, 9.17) is 5.11 Å². The lowest BCUT2D eigenvalue weighted by Gasteiger charge is -2.17. The number of nitrogens with one attached hydrogen (secondary N) is 1. The number of amides is 2. The lowest BCUT2D eigenvalue weighted by atomic mass is 10.2. The number of nitrogens with zero attached hydrogens (tertiary/aromatic N) is 1. The van der Waals surface area contributed by atoms with Crippen molar-refractivity contribution in [1.82, 2.24) is 10.2 Å². The Hall–Kier alpha value is -2.11. The highest BCUT2D eigenvalue weighted by Crippen LogP contribution is 2.05. The second-order valence-electron chi connectivity index (χ2n) is 3.86. The van der Waals surface area contributed by atoms with Crippen LogP contribution in [-0.4, -0.2) is 35.6 Å². The van der Waals surface area contributed by atoms with E-state index in [0.717, 1.165) is 5.56 Å². The third-order valence-corrected chi connectivity index (χ3v) is 2.29. The highest BCUT2D eigenvalue weighted by molar-refractivity contribution is 5.74. The molecule has 5 nitrogen and oxygen atoms in total. The highest BCUT2D eigenvalue weighted by atomic mass is 19.1. The molecule has 0 aliphatic rings. The van der Waals surface area contributed by atoms with Gasteiger partial charge in [-0.15, -0.1) is 0 Å². The molecule has 0 saturated carbocycles. The van der Waals surface area contributed by atoms with Crippen molar-refractivity contribution < 1.29 is 19.1 Å². The van der Waals surface area contributed by atoms with Gasteiger partial charge in [-0.3, -0.25) is 4.79 Å². The maximum absolute atomic E-state index is 12.7. The molecule has 0 saturated heterocycles. The fourth-order valence-corrected chi connectivity index (χ4v) is 1.35. The lowest BCUT2D eigenvalue weighted by Crippen LogP contribution is -2.37. The van der Waals surface area contributed by atoms with Crippen LogP contribution in [0.5, 0.6) is 0 Å². The van der Waals surface area contributed by atoms with Gasteiger partial charge in [-0.25, -0.2) is 9.18 Å². The van der Waals surface area contributed by atoms with Crippen LogP contribution in [0.2, 0.25) is 0 Å². The smallest absolute Gasteiger partial charge is 0.317 e. The first kappa shape index (κ1) is 14.0. The minimum Gasteiger partial charge on any atom is -0.481 e. The van der Waals surface area contributed by atoms with E-state index in [-0.39, 0.29) is 24.8 Å². The molecule has 0 aliphatic carbocycles. The Morgan fingerprint density at radius 1 is 1.33 bits per heavy atom. The van der Waals surface area contributed by atoms with Gasteiger partial charge < -0.3 is 15.3 Å². The van der Waals surface area contributed by atoms with Gasteiger partial charge in [0.25, 0.3) is 0 Å². The number of carboxylic acid groups (broad SMARTS) is 1. The normalized spacial score (nSPS) is 9.89. The number of carbonyl (C=O) groups is 2. The highest BCUT2D eigenvalue weighted by Gasteiger charge is 2.09. The Bertz CT molecular complexity index is 420. The quantitative estimate of drug-likeness (QED) is 0.835. The Balaban J connectivity index is 2.39. The number of carbonyl (C=O) groups excluding carboxylic acids is 1. The standard InChI is InChI=1S/C12H15FN2O3/c1-15(12(18)14-7-6-11(16)17)8-9-2-4-10(13)5-3-9/h2-5H,6-8H2,1H3,(H,14,18)(H,16,17). The Labute approximate surface area is 104 Å².